The summed E-state index contributed by atoms with van der Waals surface area (Å²) in [4.78, 5) is 17.4. The fourth-order valence-electron chi connectivity index (χ4n) is 3.85. The van der Waals surface area contributed by atoms with Crippen LogP contribution >= 0.6 is 0 Å². The molecule has 1 N–H and O–H groups in total. The highest BCUT2D eigenvalue weighted by molar-refractivity contribution is 7.94. The van der Waals surface area contributed by atoms with Crippen LogP contribution in [0, 0.1) is 0 Å². The molecule has 0 aliphatic heterocycles. The Hall–Kier alpha value is -4.84. The number of alkyl halides is 2. The van der Waals surface area contributed by atoms with Crippen molar-refractivity contribution < 1.29 is 26.7 Å². The molecule has 0 unspecified atom stereocenters. The molecule has 2 aromatic heterocycles. The molecule has 0 saturated heterocycles. The number of fused-ring (bicyclic) bond motifs is 1. The Balaban J connectivity index is 1.40. The zero-order valence-corrected chi connectivity index (χ0v) is 21.1. The quantitative estimate of drug-likeness (QED) is 0.255. The first-order valence-electron chi connectivity index (χ1n) is 11.5. The normalized spacial score (nSPS) is 11.5. The second-order valence-electron chi connectivity index (χ2n) is 8.24. The zero-order chi connectivity index (χ0) is 27.6. The molecule has 0 spiro atoms. The molecule has 3 aromatic carbocycles. The van der Waals surface area contributed by atoms with Gasteiger partial charge in [0.15, 0.2) is 5.65 Å². The van der Waals surface area contributed by atoms with E-state index in [1.807, 2.05) is 0 Å². The Bertz CT molecular complexity index is 1760. The van der Waals surface area contributed by atoms with Crippen molar-refractivity contribution >= 4 is 33.0 Å². The molecule has 0 atom stereocenters. The first-order valence-corrected chi connectivity index (χ1v) is 13.0. The van der Waals surface area contributed by atoms with E-state index >= 15 is 0 Å². The molecule has 0 aliphatic rings. The SMILES string of the molecule is COc1ccccc1[N-]S(=O)(=O)c1ccc(NC(=O)c2cnn3c(C(F)F)cc(-c4ccccc4)nc23)cc1. The maximum absolute atomic E-state index is 13.8. The fraction of sp³-hybridized carbons (Fsp3) is 0.0741. The van der Waals surface area contributed by atoms with E-state index < -0.39 is 28.0 Å². The van der Waals surface area contributed by atoms with Gasteiger partial charge in [-0.1, -0.05) is 54.2 Å². The van der Waals surface area contributed by atoms with Crippen LogP contribution in [-0.4, -0.2) is 36.0 Å². The molecule has 0 bridgehead atoms. The predicted octanol–water partition coefficient (Wildman–Crippen LogP) is 5.99. The second-order valence-corrected chi connectivity index (χ2v) is 9.85. The molecule has 0 saturated carbocycles. The number of sulfonamides is 1. The minimum Gasteiger partial charge on any atom is -0.570 e. The molecular weight excluding hydrogens is 528 g/mol. The molecular formula is C27H20F2N5O4S-. The van der Waals surface area contributed by atoms with Gasteiger partial charge in [0.05, 0.1) is 23.9 Å². The third kappa shape index (κ3) is 5.27. The van der Waals surface area contributed by atoms with Gasteiger partial charge in [-0.15, -0.1) is 0 Å². The second kappa shape index (κ2) is 10.5. The summed E-state index contributed by atoms with van der Waals surface area (Å²) in [7, 11) is -2.66. The van der Waals surface area contributed by atoms with Crippen molar-refractivity contribution in [3.63, 3.8) is 0 Å². The minimum atomic E-state index is -4.07. The maximum atomic E-state index is 13.8. The molecule has 0 aliphatic carbocycles. The number of nitrogens with one attached hydrogen (secondary N) is 1. The molecule has 2 heterocycles. The van der Waals surface area contributed by atoms with E-state index in [1.54, 1.807) is 48.5 Å². The number of carbonyl (C=O) groups is 1. The first kappa shape index (κ1) is 25.8. The lowest BCUT2D eigenvalue weighted by molar-refractivity contribution is 0.102. The Morgan fingerprint density at radius 3 is 2.38 bits per heavy atom. The lowest BCUT2D eigenvalue weighted by atomic mass is 10.1. The van der Waals surface area contributed by atoms with Crippen molar-refractivity contribution in [1.29, 1.82) is 0 Å². The van der Waals surface area contributed by atoms with Gasteiger partial charge in [0.1, 0.15) is 27.0 Å². The summed E-state index contributed by atoms with van der Waals surface area (Å²) in [5.41, 5.74) is 0.800. The van der Waals surface area contributed by atoms with E-state index in [4.69, 9.17) is 4.74 Å². The lowest BCUT2D eigenvalue weighted by Gasteiger charge is -2.24. The van der Waals surface area contributed by atoms with Gasteiger partial charge in [0, 0.05) is 11.3 Å². The van der Waals surface area contributed by atoms with Crippen molar-refractivity contribution in [3.8, 4) is 17.0 Å². The van der Waals surface area contributed by atoms with Crippen LogP contribution in [0.25, 0.3) is 21.6 Å². The molecule has 5 rings (SSSR count). The van der Waals surface area contributed by atoms with Gasteiger partial charge in [-0.05, 0) is 36.4 Å². The highest BCUT2D eigenvalue weighted by atomic mass is 32.2. The van der Waals surface area contributed by atoms with Crippen molar-refractivity contribution in [3.05, 3.63) is 107 Å². The van der Waals surface area contributed by atoms with Gasteiger partial charge >= 0.3 is 0 Å². The monoisotopic (exact) mass is 548 g/mol. The standard InChI is InChI=1S/C27H20F2N5O4S/c1-38-24-10-6-5-9-21(24)33-39(36,37)19-13-11-18(12-14-19)31-27(35)20-16-30-34-23(25(28)29)15-22(32-26(20)34)17-7-3-2-4-8-17/h2-16,25H,1H3,(H,31,35)/q-1. The van der Waals surface area contributed by atoms with E-state index in [1.165, 1.54) is 43.5 Å². The van der Waals surface area contributed by atoms with E-state index in [0.717, 1.165) is 10.7 Å². The third-order valence-corrected chi connectivity index (χ3v) is 7.06. The van der Waals surface area contributed by atoms with E-state index in [-0.39, 0.29) is 33.2 Å². The number of para-hydroxylation sites is 1. The lowest BCUT2D eigenvalue weighted by Crippen LogP contribution is -2.13. The van der Waals surface area contributed by atoms with Crippen molar-refractivity contribution in [1.82, 2.24) is 14.6 Å². The average Bonchev–Trinajstić information content (AvgIpc) is 3.37. The van der Waals surface area contributed by atoms with Crippen molar-refractivity contribution in [2.45, 2.75) is 11.3 Å². The number of ether oxygens (including phenoxy) is 1. The minimum absolute atomic E-state index is 0.0300. The van der Waals surface area contributed by atoms with Gasteiger partial charge in [0.2, 0.25) is 0 Å². The first-order chi connectivity index (χ1) is 18.8. The van der Waals surface area contributed by atoms with Crippen LogP contribution in [0.1, 0.15) is 22.5 Å². The van der Waals surface area contributed by atoms with Crippen LogP contribution in [-0.2, 0) is 10.0 Å². The van der Waals surface area contributed by atoms with E-state index in [2.05, 4.69) is 20.1 Å². The Labute approximate surface area is 222 Å². The number of amides is 1. The predicted molar refractivity (Wildman–Crippen MR) is 141 cm³/mol. The van der Waals surface area contributed by atoms with Crippen LogP contribution in [0.3, 0.4) is 0 Å². The Morgan fingerprint density at radius 2 is 1.69 bits per heavy atom. The van der Waals surface area contributed by atoms with Crippen molar-refractivity contribution in [2.24, 2.45) is 0 Å². The number of benzene rings is 3. The van der Waals surface area contributed by atoms with Gasteiger partial charge in [-0.3, -0.25) is 4.79 Å². The van der Waals surface area contributed by atoms with E-state index in [9.17, 15) is 22.0 Å². The number of hydrogen-bond donors (Lipinski definition) is 1. The average molecular weight is 549 g/mol. The summed E-state index contributed by atoms with van der Waals surface area (Å²) < 4.78 is 63.1. The number of methoxy groups -OCH3 is 1. The molecule has 9 nitrogen and oxygen atoms in total. The molecule has 12 heteroatoms. The Morgan fingerprint density at radius 1 is 1.00 bits per heavy atom. The van der Waals surface area contributed by atoms with Crippen LogP contribution in [0.2, 0.25) is 0 Å². The summed E-state index contributed by atoms with van der Waals surface area (Å²) in [5.74, 6) is -0.352. The molecule has 0 radical (unpaired) electrons. The number of aromatic nitrogens is 3. The molecule has 0 fully saturated rings. The molecule has 39 heavy (non-hydrogen) atoms. The number of halogens is 2. The number of carbonyl (C=O) groups excluding carboxylic acids is 1. The largest absolute Gasteiger partial charge is 0.570 e. The van der Waals surface area contributed by atoms with E-state index in [0.29, 0.717) is 11.3 Å². The molecule has 1 amide bonds. The van der Waals surface area contributed by atoms with Gasteiger partial charge < -0.3 is 14.8 Å². The maximum Gasteiger partial charge on any atom is 0.280 e. The van der Waals surface area contributed by atoms with Gasteiger partial charge in [0.25, 0.3) is 12.3 Å². The van der Waals surface area contributed by atoms with Crippen molar-refractivity contribution in [2.75, 3.05) is 12.4 Å². The number of hydrogen-bond acceptors (Lipinski definition) is 6. The third-order valence-electron chi connectivity index (χ3n) is 5.75. The summed E-state index contributed by atoms with van der Waals surface area (Å²) in [6, 6.07) is 21.8. The summed E-state index contributed by atoms with van der Waals surface area (Å²) in [5, 5.41) is 6.57. The summed E-state index contributed by atoms with van der Waals surface area (Å²) >= 11 is 0. The van der Waals surface area contributed by atoms with Gasteiger partial charge in [-0.2, -0.15) is 5.10 Å². The highest BCUT2D eigenvalue weighted by Gasteiger charge is 2.22. The van der Waals surface area contributed by atoms with Crippen LogP contribution in [0.4, 0.5) is 20.2 Å². The van der Waals surface area contributed by atoms with Gasteiger partial charge in [-0.25, -0.2) is 26.7 Å². The van der Waals surface area contributed by atoms with Crippen LogP contribution < -0.4 is 10.1 Å². The topological polar surface area (TPSA) is 117 Å². The number of nitrogens with zero attached hydrogens (tertiary/aromatic N) is 4. The highest BCUT2D eigenvalue weighted by Crippen LogP contribution is 2.35. The van der Waals surface area contributed by atoms with Crippen LogP contribution in [0.5, 0.6) is 5.75 Å². The molecule has 198 valence electrons. The molecule has 5 aromatic rings. The van der Waals surface area contributed by atoms with Crippen LogP contribution in [0.15, 0.2) is 96.0 Å². The fourth-order valence-corrected chi connectivity index (χ4v) is 4.85. The number of rotatable bonds is 8. The smallest absolute Gasteiger partial charge is 0.280 e. The zero-order valence-electron chi connectivity index (χ0n) is 20.3. The number of anilines is 1. The summed E-state index contributed by atoms with van der Waals surface area (Å²) in [6.45, 7) is 0. The Kier molecular flexibility index (Phi) is 6.94. The summed E-state index contributed by atoms with van der Waals surface area (Å²) in [6.07, 6.45) is -1.70.